The van der Waals surface area contributed by atoms with E-state index in [1.165, 1.54) is 8.97 Å². The van der Waals surface area contributed by atoms with Crippen molar-refractivity contribution < 1.29 is 23.1 Å². The topological polar surface area (TPSA) is 116 Å². The SMILES string of the molecule is O=C(O)Cn1c2ccccc2n2c(S(=O)(=O)CCOc3ccccc3)nnc12. The molecule has 144 valence electrons. The summed E-state index contributed by atoms with van der Waals surface area (Å²) in [5.41, 5.74) is 1.08. The molecule has 0 aliphatic rings. The molecule has 0 atom stereocenters. The zero-order valence-corrected chi connectivity index (χ0v) is 15.4. The van der Waals surface area contributed by atoms with Gasteiger partial charge in [-0.25, -0.2) is 12.8 Å². The molecule has 28 heavy (non-hydrogen) atoms. The van der Waals surface area contributed by atoms with Crippen LogP contribution in [0.25, 0.3) is 16.8 Å². The van der Waals surface area contributed by atoms with E-state index in [0.29, 0.717) is 16.8 Å². The Kier molecular flexibility index (Phi) is 4.47. The van der Waals surface area contributed by atoms with E-state index in [-0.39, 0.29) is 29.8 Å². The number of para-hydroxylation sites is 3. The van der Waals surface area contributed by atoms with Gasteiger partial charge in [-0.15, -0.1) is 10.2 Å². The third kappa shape index (κ3) is 3.18. The van der Waals surface area contributed by atoms with E-state index in [0.717, 1.165) is 0 Å². The summed E-state index contributed by atoms with van der Waals surface area (Å²) in [7, 11) is -3.82. The van der Waals surface area contributed by atoms with E-state index >= 15 is 0 Å². The summed E-state index contributed by atoms with van der Waals surface area (Å²) in [5.74, 6) is -0.624. The van der Waals surface area contributed by atoms with Crippen LogP contribution in [0.3, 0.4) is 0 Å². The molecular weight excluding hydrogens is 384 g/mol. The van der Waals surface area contributed by atoms with Crippen LogP contribution in [-0.2, 0) is 21.2 Å². The summed E-state index contributed by atoms with van der Waals surface area (Å²) < 4.78 is 34.0. The van der Waals surface area contributed by atoms with E-state index in [1.807, 2.05) is 6.07 Å². The quantitative estimate of drug-likeness (QED) is 0.501. The van der Waals surface area contributed by atoms with Gasteiger partial charge in [0.2, 0.25) is 15.6 Å². The first-order chi connectivity index (χ1) is 13.5. The highest BCUT2D eigenvalue weighted by Crippen LogP contribution is 2.23. The van der Waals surface area contributed by atoms with Crippen molar-refractivity contribution in [1.29, 1.82) is 0 Å². The summed E-state index contributed by atoms with van der Waals surface area (Å²) in [6, 6.07) is 15.8. The lowest BCUT2D eigenvalue weighted by Gasteiger charge is -2.06. The van der Waals surface area contributed by atoms with Crippen LogP contribution < -0.4 is 4.74 Å². The number of sulfone groups is 1. The highest BCUT2D eigenvalue weighted by molar-refractivity contribution is 7.91. The second-order valence-corrected chi connectivity index (χ2v) is 8.07. The maximum Gasteiger partial charge on any atom is 0.323 e. The van der Waals surface area contributed by atoms with Gasteiger partial charge in [0, 0.05) is 0 Å². The van der Waals surface area contributed by atoms with Gasteiger partial charge in [0.25, 0.3) is 5.16 Å². The molecule has 0 fully saturated rings. The van der Waals surface area contributed by atoms with E-state index in [4.69, 9.17) is 4.74 Å². The van der Waals surface area contributed by atoms with Crippen molar-refractivity contribution in [2.24, 2.45) is 0 Å². The predicted octanol–water partition coefficient (Wildman–Crippen LogP) is 1.62. The van der Waals surface area contributed by atoms with Gasteiger partial charge in [-0.05, 0) is 24.3 Å². The van der Waals surface area contributed by atoms with Gasteiger partial charge in [-0.3, -0.25) is 9.36 Å². The Balaban J connectivity index is 1.71. The van der Waals surface area contributed by atoms with E-state index in [2.05, 4.69) is 10.2 Å². The lowest BCUT2D eigenvalue weighted by Crippen LogP contribution is -2.16. The van der Waals surface area contributed by atoms with Crippen LogP contribution in [0, 0.1) is 0 Å². The number of ether oxygens (including phenoxy) is 1. The highest BCUT2D eigenvalue weighted by Gasteiger charge is 2.26. The molecule has 0 aliphatic heterocycles. The lowest BCUT2D eigenvalue weighted by molar-refractivity contribution is -0.137. The number of rotatable bonds is 7. The number of imidazole rings is 1. The molecule has 0 aliphatic carbocycles. The third-order valence-corrected chi connectivity index (χ3v) is 5.73. The first-order valence-corrected chi connectivity index (χ1v) is 10.1. The standard InChI is InChI=1S/C18H16N4O5S/c23-16(24)12-21-14-8-4-5-9-15(14)22-17(21)19-20-18(22)28(25,26)11-10-27-13-6-2-1-3-7-13/h1-9H,10-12H2,(H,23,24). The monoisotopic (exact) mass is 400 g/mol. The molecule has 2 heterocycles. The van der Waals surface area contributed by atoms with Crippen molar-refractivity contribution in [2.45, 2.75) is 11.7 Å². The van der Waals surface area contributed by atoms with Crippen molar-refractivity contribution >= 4 is 32.6 Å². The molecule has 0 unspecified atom stereocenters. The number of carboxylic acid groups (broad SMARTS) is 1. The van der Waals surface area contributed by atoms with Crippen molar-refractivity contribution in [3.8, 4) is 5.75 Å². The summed E-state index contributed by atoms with van der Waals surface area (Å²) in [6.07, 6.45) is 0. The van der Waals surface area contributed by atoms with Crippen LogP contribution in [0.5, 0.6) is 5.75 Å². The fraction of sp³-hybridized carbons (Fsp3) is 0.167. The summed E-state index contributed by atoms with van der Waals surface area (Å²) in [4.78, 5) is 11.2. The maximum atomic E-state index is 12.8. The van der Waals surface area contributed by atoms with Crippen LogP contribution in [0.4, 0.5) is 0 Å². The van der Waals surface area contributed by atoms with Crippen LogP contribution in [0.15, 0.2) is 59.8 Å². The minimum absolute atomic E-state index is 0.0466. The summed E-state index contributed by atoms with van der Waals surface area (Å²) in [5, 5.41) is 16.7. The summed E-state index contributed by atoms with van der Waals surface area (Å²) >= 11 is 0. The summed E-state index contributed by atoms with van der Waals surface area (Å²) in [6.45, 7) is -0.401. The van der Waals surface area contributed by atoms with Gasteiger partial charge in [0.05, 0.1) is 16.8 Å². The van der Waals surface area contributed by atoms with Crippen molar-refractivity contribution in [3.05, 3.63) is 54.6 Å². The molecule has 10 heteroatoms. The van der Waals surface area contributed by atoms with Gasteiger partial charge in [0.15, 0.2) is 0 Å². The molecule has 0 saturated carbocycles. The Hall–Kier alpha value is -3.40. The van der Waals surface area contributed by atoms with Gasteiger partial charge < -0.3 is 9.84 Å². The average molecular weight is 400 g/mol. The molecule has 0 spiro atoms. The Labute approximate surface area is 159 Å². The Morgan fingerprint density at radius 2 is 1.68 bits per heavy atom. The fourth-order valence-corrected chi connectivity index (χ4v) is 4.12. The molecule has 0 bridgehead atoms. The number of carbonyl (C=O) groups is 1. The van der Waals surface area contributed by atoms with Gasteiger partial charge in [-0.1, -0.05) is 30.3 Å². The number of aliphatic carboxylic acids is 1. The number of benzene rings is 2. The van der Waals surface area contributed by atoms with Crippen molar-refractivity contribution in [2.75, 3.05) is 12.4 Å². The molecule has 0 amide bonds. The van der Waals surface area contributed by atoms with Crippen LogP contribution in [0.1, 0.15) is 0 Å². The van der Waals surface area contributed by atoms with Gasteiger partial charge in [0.1, 0.15) is 18.9 Å². The van der Waals surface area contributed by atoms with E-state index < -0.39 is 15.8 Å². The van der Waals surface area contributed by atoms with E-state index in [1.54, 1.807) is 48.5 Å². The first kappa shape index (κ1) is 18.0. The third-order valence-electron chi connectivity index (χ3n) is 4.21. The molecule has 4 rings (SSSR count). The van der Waals surface area contributed by atoms with Crippen LogP contribution >= 0.6 is 0 Å². The lowest BCUT2D eigenvalue weighted by atomic mass is 10.3. The Morgan fingerprint density at radius 3 is 2.39 bits per heavy atom. The highest BCUT2D eigenvalue weighted by atomic mass is 32.2. The van der Waals surface area contributed by atoms with Crippen LogP contribution in [0.2, 0.25) is 0 Å². The average Bonchev–Trinajstić information content (AvgIpc) is 3.23. The molecule has 1 N–H and O–H groups in total. The number of hydrogen-bond donors (Lipinski definition) is 1. The van der Waals surface area contributed by atoms with Crippen LogP contribution in [-0.4, -0.2) is 51.0 Å². The zero-order chi connectivity index (χ0) is 19.7. The number of carboxylic acids is 1. The molecule has 0 saturated heterocycles. The fourth-order valence-electron chi connectivity index (χ4n) is 3.01. The number of hydrogen-bond acceptors (Lipinski definition) is 6. The molecule has 2 aromatic heterocycles. The molecular formula is C18H16N4O5S. The second kappa shape index (κ2) is 6.97. The Bertz CT molecular complexity index is 1260. The zero-order valence-electron chi connectivity index (χ0n) is 14.6. The minimum atomic E-state index is -3.82. The van der Waals surface area contributed by atoms with E-state index in [9.17, 15) is 18.3 Å². The normalized spacial score (nSPS) is 11.9. The second-order valence-electron chi connectivity index (χ2n) is 6.07. The largest absolute Gasteiger partial charge is 0.493 e. The molecule has 2 aromatic carbocycles. The molecule has 4 aromatic rings. The first-order valence-electron chi connectivity index (χ1n) is 8.42. The number of nitrogens with zero attached hydrogens (tertiary/aromatic N) is 4. The maximum absolute atomic E-state index is 12.8. The van der Waals surface area contributed by atoms with Crippen molar-refractivity contribution in [1.82, 2.24) is 19.2 Å². The minimum Gasteiger partial charge on any atom is -0.493 e. The predicted molar refractivity (Wildman–Crippen MR) is 100 cm³/mol. The number of fused-ring (bicyclic) bond motifs is 3. The molecule has 9 nitrogen and oxygen atoms in total. The van der Waals surface area contributed by atoms with Crippen molar-refractivity contribution in [3.63, 3.8) is 0 Å². The smallest absolute Gasteiger partial charge is 0.323 e. The van der Waals surface area contributed by atoms with Gasteiger partial charge in [-0.2, -0.15) is 0 Å². The van der Waals surface area contributed by atoms with Gasteiger partial charge >= 0.3 is 5.97 Å². The molecule has 0 radical (unpaired) electrons. The number of aromatic nitrogens is 4. The Morgan fingerprint density at radius 1 is 1.00 bits per heavy atom.